The maximum atomic E-state index is 15.0. The number of hydrogen-bond donors (Lipinski definition) is 3. The fourth-order valence-corrected chi connectivity index (χ4v) is 12.3. The molecule has 2 aromatic rings. The second kappa shape index (κ2) is 17.9. The summed E-state index contributed by atoms with van der Waals surface area (Å²) in [6.45, 7) is 16.4. The van der Waals surface area contributed by atoms with Gasteiger partial charge >= 0.3 is 12.2 Å². The maximum absolute atomic E-state index is 15.0. The molecule has 0 radical (unpaired) electrons. The van der Waals surface area contributed by atoms with Gasteiger partial charge in [-0.05, 0) is 109 Å². The van der Waals surface area contributed by atoms with Crippen LogP contribution < -0.4 is 24.8 Å². The Morgan fingerprint density at radius 2 is 1.67 bits per heavy atom. The normalized spacial score (nSPS) is 32.1. The van der Waals surface area contributed by atoms with Crippen molar-refractivity contribution in [2.24, 2.45) is 17.3 Å². The summed E-state index contributed by atoms with van der Waals surface area (Å²) < 4.78 is 53.4. The number of sulfonamides is 1. The topological polar surface area (TPSA) is 212 Å². The van der Waals surface area contributed by atoms with E-state index in [1.165, 1.54) is 11.0 Å². The van der Waals surface area contributed by atoms with E-state index >= 15 is 4.79 Å². The van der Waals surface area contributed by atoms with Crippen molar-refractivity contribution in [3.63, 3.8) is 0 Å². The van der Waals surface area contributed by atoms with Gasteiger partial charge < -0.3 is 39.4 Å². The van der Waals surface area contributed by atoms with E-state index in [0.717, 1.165) is 55.9 Å². The Kier molecular flexibility index (Phi) is 12.7. The van der Waals surface area contributed by atoms with Crippen LogP contribution in [0.2, 0.25) is 0 Å². The molecule has 376 valence electrons. The van der Waals surface area contributed by atoms with Crippen LogP contribution in [0.3, 0.4) is 0 Å². The molecule has 5 amide bonds. The molecule has 17 nitrogen and oxygen atoms in total. The first-order chi connectivity index (χ1) is 32.5. The predicted octanol–water partition coefficient (Wildman–Crippen LogP) is 6.60. The Hall–Kier alpha value is -5.13. The van der Waals surface area contributed by atoms with Crippen molar-refractivity contribution in [3.8, 4) is 11.6 Å². The Bertz CT molecular complexity index is 2500. The molecular weight excluding hydrogens is 905 g/mol. The zero-order valence-corrected chi connectivity index (χ0v) is 42.0. The number of ether oxygens (including phenoxy) is 4. The number of alkyl carbamates (subject to hydrolysis) is 1. The average Bonchev–Trinajstić information content (AvgIpc) is 4.22. The van der Waals surface area contributed by atoms with Crippen LogP contribution in [-0.2, 0) is 40.3 Å². The zero-order chi connectivity index (χ0) is 49.4. The van der Waals surface area contributed by atoms with Gasteiger partial charge in [0.05, 0.1) is 22.4 Å². The summed E-state index contributed by atoms with van der Waals surface area (Å²) >= 11 is 0. The molecule has 4 bridgehead atoms. The van der Waals surface area contributed by atoms with Gasteiger partial charge in [0.25, 0.3) is 5.91 Å². The average molecular weight is 975 g/mol. The summed E-state index contributed by atoms with van der Waals surface area (Å²) in [4.78, 5) is 79.0. The molecule has 7 aliphatic rings. The Labute approximate surface area is 405 Å². The highest BCUT2D eigenvalue weighted by atomic mass is 32.2. The van der Waals surface area contributed by atoms with Crippen molar-refractivity contribution < 1.29 is 51.3 Å². The van der Waals surface area contributed by atoms with Crippen LogP contribution in [-0.4, -0.2) is 118 Å². The summed E-state index contributed by atoms with van der Waals surface area (Å²) in [5.74, 6) is -1.42. The number of pyridine rings is 1. The van der Waals surface area contributed by atoms with Gasteiger partial charge in [0.2, 0.25) is 27.7 Å². The molecule has 3 aliphatic carbocycles. The number of rotatable bonds is 8. The number of fused-ring (bicyclic) bond motifs is 7. The zero-order valence-electron chi connectivity index (χ0n) is 41.1. The van der Waals surface area contributed by atoms with Gasteiger partial charge in [0.15, 0.2) is 0 Å². The number of carbonyl (C=O) groups excluding carboxylic acids is 5. The van der Waals surface area contributed by atoms with Crippen molar-refractivity contribution in [1.29, 1.82) is 0 Å². The number of carbonyl (C=O) groups is 5. The first kappa shape index (κ1) is 48.9. The number of amides is 5. The molecule has 1 aromatic heterocycles. The molecule has 2 unspecified atom stereocenters. The lowest BCUT2D eigenvalue weighted by Crippen LogP contribution is -2.60. The van der Waals surface area contributed by atoms with E-state index in [2.05, 4.69) is 21.9 Å². The van der Waals surface area contributed by atoms with Gasteiger partial charge in [-0.2, -0.15) is 0 Å². The Balaban J connectivity index is 1.05. The molecule has 9 atom stereocenters. The standard InChI is InChI=1S/C51H70N6O11S/c1-9-30-27-51(30,45(60)55-69(63,64)50(8)21-22-50)54-42(58)38-26-34-28-56(38)44(59)41(48(2,3)4)53-46(61)67-39-23-29(39)15-11-10-12-17-36-40(35-16-13-14-18-37(35)52-43(36)66-34)65-33-24-31-19-20-32(25-33)57(31)47(62)68-49(5,6)7/h9,13-14,16,18,29-34,38-39,41H,1,10-12,15,17,19-28H2,2-8H3,(H,53,61)(H,54,58)(H,55,60)/t29-,30-,31?,32?,33?,34-,38+,39-,41-,51-/m1/s1. The summed E-state index contributed by atoms with van der Waals surface area (Å²) in [5.41, 5.74) is -1.63. The van der Waals surface area contributed by atoms with Gasteiger partial charge in [-0.3, -0.25) is 19.1 Å². The lowest BCUT2D eigenvalue weighted by molar-refractivity contribution is -0.142. The van der Waals surface area contributed by atoms with Gasteiger partial charge in [-0.1, -0.05) is 51.8 Å². The number of benzene rings is 1. The van der Waals surface area contributed by atoms with Crippen LogP contribution >= 0.6 is 0 Å². The fraction of sp³-hybridized carbons (Fsp3) is 0.686. The van der Waals surface area contributed by atoms with Gasteiger partial charge in [-0.15, -0.1) is 6.58 Å². The third-order valence-corrected chi connectivity index (χ3v) is 17.6. The molecule has 5 heterocycles. The Morgan fingerprint density at radius 1 is 0.957 bits per heavy atom. The third-order valence-electron chi connectivity index (χ3n) is 15.5. The van der Waals surface area contributed by atoms with Crippen LogP contribution in [0.1, 0.15) is 138 Å². The molecule has 3 saturated carbocycles. The second-order valence-electron chi connectivity index (χ2n) is 23.1. The number of nitrogens with zero attached hydrogens (tertiary/aromatic N) is 3. The highest BCUT2D eigenvalue weighted by Gasteiger charge is 2.63. The Morgan fingerprint density at radius 3 is 2.32 bits per heavy atom. The van der Waals surface area contributed by atoms with Crippen molar-refractivity contribution in [2.45, 2.75) is 197 Å². The van der Waals surface area contributed by atoms with Crippen molar-refractivity contribution in [1.82, 2.24) is 30.1 Å². The minimum absolute atomic E-state index is 0.00785. The van der Waals surface area contributed by atoms with Crippen LogP contribution in [0.25, 0.3) is 10.9 Å². The van der Waals surface area contributed by atoms with Gasteiger partial charge in [0, 0.05) is 42.7 Å². The van der Waals surface area contributed by atoms with E-state index in [1.54, 1.807) is 6.92 Å². The molecule has 6 fully saturated rings. The molecular formula is C51H70N6O11S. The van der Waals surface area contributed by atoms with E-state index in [1.807, 2.05) is 70.7 Å². The highest BCUT2D eigenvalue weighted by Crippen LogP contribution is 2.48. The molecule has 1 aromatic carbocycles. The van der Waals surface area contributed by atoms with E-state index in [4.69, 9.17) is 23.9 Å². The summed E-state index contributed by atoms with van der Waals surface area (Å²) in [5, 5.41) is 6.54. The molecule has 3 saturated heterocycles. The molecule has 4 aliphatic heterocycles. The maximum Gasteiger partial charge on any atom is 0.410 e. The third kappa shape index (κ3) is 9.97. The summed E-state index contributed by atoms with van der Waals surface area (Å²) in [7, 11) is -4.04. The van der Waals surface area contributed by atoms with E-state index in [9.17, 15) is 27.6 Å². The smallest absolute Gasteiger partial charge is 0.410 e. The molecule has 18 heteroatoms. The van der Waals surface area contributed by atoms with E-state index in [0.29, 0.717) is 49.3 Å². The lowest BCUT2D eigenvalue weighted by atomic mass is 9.85. The molecule has 9 rings (SSSR count). The van der Waals surface area contributed by atoms with Crippen molar-refractivity contribution in [3.05, 3.63) is 42.5 Å². The van der Waals surface area contributed by atoms with Crippen LogP contribution in [0.15, 0.2) is 36.9 Å². The number of para-hydroxylation sites is 1. The summed E-state index contributed by atoms with van der Waals surface area (Å²) in [6.07, 6.45) is 7.94. The first-order valence-corrected chi connectivity index (χ1v) is 26.5. The number of hydrogen-bond acceptors (Lipinski definition) is 12. The van der Waals surface area contributed by atoms with Crippen LogP contribution in [0.4, 0.5) is 9.59 Å². The summed E-state index contributed by atoms with van der Waals surface area (Å²) in [6, 6.07) is 5.37. The monoisotopic (exact) mass is 974 g/mol. The van der Waals surface area contributed by atoms with Crippen molar-refractivity contribution >= 4 is 50.8 Å². The SMILES string of the molecule is C=C[C@@H]1C[C@]1(NC(=O)[C@@H]1C[C@@H]2CN1C(=O)[C@H](C(C)(C)C)NC(=O)O[C@@H]1C[C@H]1CCCCCc1c(nc3ccccc3c1OC1CC3CCC(C1)N3C(=O)OC(C)(C)C)O2)C(=O)NS(=O)(=O)C1(C)CC1. The second-order valence-corrected chi connectivity index (χ2v) is 25.3. The molecule has 69 heavy (non-hydrogen) atoms. The minimum Gasteiger partial charge on any atom is -0.489 e. The first-order valence-electron chi connectivity index (χ1n) is 25.0. The minimum atomic E-state index is -4.04. The van der Waals surface area contributed by atoms with Crippen LogP contribution in [0.5, 0.6) is 11.6 Å². The van der Waals surface area contributed by atoms with Crippen LogP contribution in [0, 0.1) is 17.3 Å². The van der Waals surface area contributed by atoms with E-state index < -0.39 is 79.2 Å². The van der Waals surface area contributed by atoms with Gasteiger partial charge in [0.1, 0.15) is 47.3 Å². The van der Waals surface area contributed by atoms with E-state index in [-0.39, 0.29) is 55.7 Å². The predicted molar refractivity (Wildman–Crippen MR) is 256 cm³/mol. The molecule has 3 N–H and O–H groups in total. The number of piperidine rings is 1. The fourth-order valence-electron chi connectivity index (χ4n) is 11.0. The largest absolute Gasteiger partial charge is 0.489 e. The lowest BCUT2D eigenvalue weighted by Gasteiger charge is -2.39. The number of aromatic nitrogens is 1. The highest BCUT2D eigenvalue weighted by molar-refractivity contribution is 7.91. The van der Waals surface area contributed by atoms with Crippen molar-refractivity contribution in [2.75, 3.05) is 6.54 Å². The molecule has 0 spiro atoms. The number of nitrogens with one attached hydrogen (secondary N) is 3. The quantitative estimate of drug-likeness (QED) is 0.239. The van der Waals surface area contributed by atoms with Gasteiger partial charge in [-0.25, -0.2) is 23.0 Å².